The lowest BCUT2D eigenvalue weighted by Crippen LogP contribution is -2.14. The van der Waals surface area contributed by atoms with Crippen molar-refractivity contribution in [1.82, 2.24) is 9.78 Å². The molecule has 2 aliphatic rings. The topological polar surface area (TPSA) is 43.8 Å². The van der Waals surface area contributed by atoms with Gasteiger partial charge in [-0.05, 0) is 38.0 Å². The lowest BCUT2D eigenvalue weighted by Gasteiger charge is -2.20. The highest BCUT2D eigenvalue weighted by Crippen LogP contribution is 2.40. The third-order valence-corrected chi connectivity index (χ3v) is 4.00. The molecule has 1 aromatic rings. The van der Waals surface area contributed by atoms with Gasteiger partial charge in [-0.3, -0.25) is 0 Å². The molecule has 1 atom stereocenters. The van der Waals surface area contributed by atoms with E-state index in [-0.39, 0.29) is 0 Å². The molecule has 1 aromatic heterocycles. The first-order valence-electron chi connectivity index (χ1n) is 6.65. The first-order valence-corrected chi connectivity index (χ1v) is 6.65. The number of nitrogens with zero attached hydrogens (tertiary/aromatic N) is 2. The van der Waals surface area contributed by atoms with Gasteiger partial charge in [0.25, 0.3) is 0 Å². The minimum Gasteiger partial charge on any atom is -0.384 e. The Morgan fingerprint density at radius 3 is 2.88 bits per heavy atom. The van der Waals surface area contributed by atoms with E-state index in [2.05, 4.69) is 11.6 Å². The number of anilines is 1. The molecule has 0 bridgehead atoms. The molecule has 1 fully saturated rings. The summed E-state index contributed by atoms with van der Waals surface area (Å²) in [5.74, 6) is 1.81. The fourth-order valence-corrected chi connectivity index (χ4v) is 2.94. The predicted octanol–water partition coefficient (Wildman–Crippen LogP) is 2.71. The van der Waals surface area contributed by atoms with Gasteiger partial charge in [-0.1, -0.05) is 19.8 Å². The Hall–Kier alpha value is -0.990. The minimum absolute atomic E-state index is 0.621. The molecule has 2 N–H and O–H groups in total. The number of fused-ring (bicyclic) bond motifs is 1. The maximum Gasteiger partial charge on any atom is 0.125 e. The van der Waals surface area contributed by atoms with Crippen molar-refractivity contribution in [3.05, 3.63) is 11.3 Å². The van der Waals surface area contributed by atoms with Crippen LogP contribution in [0.1, 0.15) is 56.3 Å². The van der Waals surface area contributed by atoms with Crippen LogP contribution in [0.5, 0.6) is 0 Å². The Morgan fingerprint density at radius 1 is 1.38 bits per heavy atom. The van der Waals surface area contributed by atoms with E-state index in [1.54, 1.807) is 0 Å². The van der Waals surface area contributed by atoms with Gasteiger partial charge in [-0.25, -0.2) is 4.68 Å². The molecule has 0 spiro atoms. The van der Waals surface area contributed by atoms with Gasteiger partial charge >= 0.3 is 0 Å². The number of nitrogens with two attached hydrogens (primary N) is 1. The van der Waals surface area contributed by atoms with Crippen LogP contribution in [0.25, 0.3) is 0 Å². The van der Waals surface area contributed by atoms with E-state index in [1.165, 1.54) is 49.8 Å². The van der Waals surface area contributed by atoms with Crippen LogP contribution in [0, 0.1) is 5.92 Å². The molecule has 2 aliphatic carbocycles. The molecule has 1 unspecified atom stereocenters. The number of nitrogen functional groups attached to an aromatic ring is 1. The molecule has 3 rings (SSSR count). The highest BCUT2D eigenvalue weighted by Gasteiger charge is 2.31. The van der Waals surface area contributed by atoms with Gasteiger partial charge in [-0.2, -0.15) is 5.10 Å². The van der Waals surface area contributed by atoms with Gasteiger partial charge in [0, 0.05) is 5.56 Å². The van der Waals surface area contributed by atoms with Crippen LogP contribution < -0.4 is 5.73 Å². The Bertz CT molecular complexity index is 390. The summed E-state index contributed by atoms with van der Waals surface area (Å²) in [5, 5.41) is 4.70. The summed E-state index contributed by atoms with van der Waals surface area (Å²) >= 11 is 0. The van der Waals surface area contributed by atoms with Crippen molar-refractivity contribution < 1.29 is 0 Å². The van der Waals surface area contributed by atoms with Crippen LogP contribution in [-0.4, -0.2) is 9.78 Å². The number of hydrogen-bond acceptors (Lipinski definition) is 2. The zero-order valence-electron chi connectivity index (χ0n) is 10.1. The second kappa shape index (κ2) is 3.79. The lowest BCUT2D eigenvalue weighted by molar-refractivity contribution is 0.420. The summed E-state index contributed by atoms with van der Waals surface area (Å²) < 4.78 is 2.10. The smallest absolute Gasteiger partial charge is 0.125 e. The van der Waals surface area contributed by atoms with E-state index in [0.717, 1.165) is 18.2 Å². The Labute approximate surface area is 97.0 Å². The van der Waals surface area contributed by atoms with Crippen molar-refractivity contribution in [3.8, 4) is 0 Å². The summed E-state index contributed by atoms with van der Waals surface area (Å²) in [6.45, 7) is 2.27. The maximum atomic E-state index is 6.22. The van der Waals surface area contributed by atoms with E-state index in [4.69, 9.17) is 10.8 Å². The monoisotopic (exact) mass is 219 g/mol. The molecule has 1 saturated carbocycles. The van der Waals surface area contributed by atoms with Gasteiger partial charge in [0.1, 0.15) is 5.82 Å². The molecule has 0 saturated heterocycles. The Morgan fingerprint density at radius 2 is 2.19 bits per heavy atom. The van der Waals surface area contributed by atoms with Crippen LogP contribution in [0.2, 0.25) is 0 Å². The van der Waals surface area contributed by atoms with Gasteiger partial charge in [0.2, 0.25) is 0 Å². The third kappa shape index (κ3) is 1.62. The molecule has 0 aliphatic heterocycles. The molecule has 0 amide bonds. The molecule has 0 radical (unpaired) electrons. The highest BCUT2D eigenvalue weighted by molar-refractivity contribution is 5.45. The van der Waals surface area contributed by atoms with E-state index in [9.17, 15) is 0 Å². The predicted molar refractivity (Wildman–Crippen MR) is 65.3 cm³/mol. The molecule has 3 heteroatoms. The third-order valence-electron chi connectivity index (χ3n) is 4.00. The van der Waals surface area contributed by atoms with Gasteiger partial charge in [0.15, 0.2) is 0 Å². The lowest BCUT2D eigenvalue weighted by atomic mass is 9.85. The Kier molecular flexibility index (Phi) is 2.41. The average molecular weight is 219 g/mol. The molecular weight excluding hydrogens is 198 g/mol. The van der Waals surface area contributed by atoms with Crippen molar-refractivity contribution in [2.75, 3.05) is 5.73 Å². The van der Waals surface area contributed by atoms with E-state index in [0.29, 0.717) is 6.04 Å². The van der Waals surface area contributed by atoms with E-state index in [1.807, 2.05) is 0 Å². The number of hydrogen-bond donors (Lipinski definition) is 1. The summed E-state index contributed by atoms with van der Waals surface area (Å²) in [6.07, 6.45) is 8.78. The Balaban J connectivity index is 1.85. The minimum atomic E-state index is 0.621. The summed E-state index contributed by atoms with van der Waals surface area (Å²) in [6, 6.07) is 0.621. The van der Waals surface area contributed by atoms with Crippen LogP contribution in [0.4, 0.5) is 5.82 Å². The summed E-state index contributed by atoms with van der Waals surface area (Å²) in [4.78, 5) is 0. The average Bonchev–Trinajstić information content (AvgIpc) is 3.07. The molecule has 1 heterocycles. The van der Waals surface area contributed by atoms with Crippen molar-refractivity contribution in [1.29, 1.82) is 0 Å². The fourth-order valence-electron chi connectivity index (χ4n) is 2.94. The summed E-state index contributed by atoms with van der Waals surface area (Å²) in [5.41, 5.74) is 8.88. The zero-order valence-corrected chi connectivity index (χ0v) is 10.1. The number of aromatic nitrogens is 2. The van der Waals surface area contributed by atoms with Crippen molar-refractivity contribution in [3.63, 3.8) is 0 Å². The van der Waals surface area contributed by atoms with Crippen molar-refractivity contribution in [2.45, 2.75) is 57.9 Å². The SMILES string of the molecule is CCCC1CCc2nn(C3CC3)c(N)c2C1. The van der Waals surface area contributed by atoms with Crippen molar-refractivity contribution >= 4 is 5.82 Å². The maximum absolute atomic E-state index is 6.22. The standard InChI is InChI=1S/C13H21N3/c1-2-3-9-4-7-12-11(8-9)13(14)16(15-12)10-5-6-10/h9-10H,2-8,14H2,1H3. The number of rotatable bonds is 3. The molecule has 88 valence electrons. The molecular formula is C13H21N3. The quantitative estimate of drug-likeness (QED) is 0.849. The van der Waals surface area contributed by atoms with Crippen molar-refractivity contribution in [2.24, 2.45) is 5.92 Å². The van der Waals surface area contributed by atoms with Gasteiger partial charge in [0.05, 0.1) is 11.7 Å². The van der Waals surface area contributed by atoms with Crippen LogP contribution in [0.15, 0.2) is 0 Å². The first kappa shape index (κ1) is 10.2. The van der Waals surface area contributed by atoms with Crippen LogP contribution in [0.3, 0.4) is 0 Å². The molecule has 16 heavy (non-hydrogen) atoms. The summed E-state index contributed by atoms with van der Waals surface area (Å²) in [7, 11) is 0. The van der Waals surface area contributed by atoms with E-state index < -0.39 is 0 Å². The zero-order chi connectivity index (χ0) is 11.1. The second-order valence-corrected chi connectivity index (χ2v) is 5.38. The number of aryl methyl sites for hydroxylation is 1. The second-order valence-electron chi connectivity index (χ2n) is 5.38. The van der Waals surface area contributed by atoms with Crippen LogP contribution in [-0.2, 0) is 12.8 Å². The van der Waals surface area contributed by atoms with Gasteiger partial charge < -0.3 is 5.73 Å². The first-order chi connectivity index (χ1) is 7.79. The largest absolute Gasteiger partial charge is 0.384 e. The molecule has 0 aromatic carbocycles. The van der Waals surface area contributed by atoms with E-state index >= 15 is 0 Å². The molecule has 3 nitrogen and oxygen atoms in total. The van der Waals surface area contributed by atoms with Crippen LogP contribution >= 0.6 is 0 Å². The fraction of sp³-hybridized carbons (Fsp3) is 0.769. The van der Waals surface area contributed by atoms with Gasteiger partial charge in [-0.15, -0.1) is 0 Å². The normalized spacial score (nSPS) is 24.4. The highest BCUT2D eigenvalue weighted by atomic mass is 15.3.